The molecule has 3 atom stereocenters. The molecule has 3 N–H and O–H groups in total. The lowest BCUT2D eigenvalue weighted by Gasteiger charge is -2.45. The second kappa shape index (κ2) is 7.27. The zero-order chi connectivity index (χ0) is 22.3. The van der Waals surface area contributed by atoms with Crippen molar-refractivity contribution in [2.75, 3.05) is 0 Å². The third-order valence-electron chi connectivity index (χ3n) is 4.63. The molecule has 2 amide bonds. The van der Waals surface area contributed by atoms with Crippen LogP contribution in [0.15, 0.2) is 48.8 Å². The molecule has 1 aliphatic heterocycles. The molecule has 1 aromatic carbocycles. The summed E-state index contributed by atoms with van der Waals surface area (Å²) in [5.41, 5.74) is -5.58. The summed E-state index contributed by atoms with van der Waals surface area (Å²) in [6, 6.07) is 2.08. The van der Waals surface area contributed by atoms with Crippen LogP contribution in [0.25, 0.3) is 0 Å². The Morgan fingerprint density at radius 1 is 1.07 bits per heavy atom. The van der Waals surface area contributed by atoms with Gasteiger partial charge in [-0.05, 0) is 29.8 Å². The molecule has 1 aliphatic rings. The van der Waals surface area contributed by atoms with Gasteiger partial charge in [0, 0.05) is 18.0 Å². The number of nitrogens with one attached hydrogen (secondary N) is 2. The van der Waals surface area contributed by atoms with Gasteiger partial charge in [0.2, 0.25) is 5.72 Å². The maximum Gasteiger partial charge on any atom is 0.437 e. The minimum Gasteiger partial charge on any atom is -0.363 e. The van der Waals surface area contributed by atoms with Crippen LogP contribution < -0.4 is 10.6 Å². The van der Waals surface area contributed by atoms with Crippen molar-refractivity contribution in [2.45, 2.75) is 24.1 Å². The molecule has 1 aromatic heterocycles. The number of carbonyl (C=O) groups excluding carboxylic acids is 2. The number of carbonyl (C=O) groups is 2. The van der Waals surface area contributed by atoms with E-state index in [1.54, 1.807) is 0 Å². The summed E-state index contributed by atoms with van der Waals surface area (Å²) in [7, 11) is 0. The van der Waals surface area contributed by atoms with E-state index < -0.39 is 47.4 Å². The molecular formula is C18H13F6N3O3. The van der Waals surface area contributed by atoms with Crippen LogP contribution >= 0.6 is 0 Å². The summed E-state index contributed by atoms with van der Waals surface area (Å²) in [6.45, 7) is 0. The van der Waals surface area contributed by atoms with Crippen LogP contribution in [0.4, 0.5) is 31.1 Å². The van der Waals surface area contributed by atoms with Crippen LogP contribution in [0, 0.1) is 5.92 Å². The number of aromatic nitrogens is 1. The van der Waals surface area contributed by atoms with Crippen LogP contribution in [0.5, 0.6) is 0 Å². The Kier molecular flexibility index (Phi) is 5.23. The number of ketones is 1. The van der Waals surface area contributed by atoms with Gasteiger partial charge in [0.1, 0.15) is 5.92 Å². The summed E-state index contributed by atoms with van der Waals surface area (Å²) in [4.78, 5) is 28.4. The number of alkyl halides is 6. The highest BCUT2D eigenvalue weighted by atomic mass is 19.4. The highest BCUT2D eigenvalue weighted by Gasteiger charge is 2.66. The molecule has 0 radical (unpaired) electrons. The lowest BCUT2D eigenvalue weighted by Crippen LogP contribution is -2.72. The van der Waals surface area contributed by atoms with Gasteiger partial charge in [0.15, 0.2) is 5.78 Å². The average Bonchev–Trinajstić information content (AvgIpc) is 2.66. The Morgan fingerprint density at radius 3 is 2.20 bits per heavy atom. The first-order valence-electron chi connectivity index (χ1n) is 8.34. The van der Waals surface area contributed by atoms with E-state index in [1.165, 1.54) is 17.6 Å². The SMILES string of the molecule is O=C1N[C@@H](c2ccc(C(F)(F)F)cc2)[C@H](C(=O)c2cccnc2)[C@](O)(C(F)(F)F)N1. The normalized spacial score (nSPS) is 24.7. The lowest BCUT2D eigenvalue weighted by molar-refractivity contribution is -0.287. The van der Waals surface area contributed by atoms with Crippen molar-refractivity contribution in [3.8, 4) is 0 Å². The highest BCUT2D eigenvalue weighted by Crippen LogP contribution is 2.44. The highest BCUT2D eigenvalue weighted by molar-refractivity contribution is 6.00. The van der Waals surface area contributed by atoms with Gasteiger partial charge in [-0.3, -0.25) is 9.78 Å². The molecule has 0 bridgehead atoms. The van der Waals surface area contributed by atoms with Crippen LogP contribution in [0.3, 0.4) is 0 Å². The number of Topliss-reactive ketones (excluding diaryl/α,β-unsaturated/α-hetero) is 1. The molecule has 3 rings (SSSR count). The van der Waals surface area contributed by atoms with Crippen LogP contribution in [0.2, 0.25) is 0 Å². The van der Waals surface area contributed by atoms with Crippen molar-refractivity contribution < 1.29 is 41.0 Å². The number of hydrogen-bond donors (Lipinski definition) is 3. The second-order valence-corrected chi connectivity index (χ2v) is 6.54. The van der Waals surface area contributed by atoms with Crippen molar-refractivity contribution in [3.05, 3.63) is 65.5 Å². The van der Waals surface area contributed by atoms with E-state index in [4.69, 9.17) is 0 Å². The van der Waals surface area contributed by atoms with E-state index in [0.29, 0.717) is 12.1 Å². The first kappa shape index (κ1) is 21.6. The Bertz CT molecular complexity index is 946. The Balaban J connectivity index is 2.13. The van der Waals surface area contributed by atoms with E-state index in [2.05, 4.69) is 10.3 Å². The van der Waals surface area contributed by atoms with Crippen molar-refractivity contribution in [1.29, 1.82) is 0 Å². The predicted molar refractivity (Wildman–Crippen MR) is 88.9 cm³/mol. The molecule has 0 unspecified atom stereocenters. The van der Waals surface area contributed by atoms with Crippen LogP contribution in [0.1, 0.15) is 27.5 Å². The maximum absolute atomic E-state index is 13.7. The smallest absolute Gasteiger partial charge is 0.363 e. The Morgan fingerprint density at radius 2 is 1.70 bits per heavy atom. The fourth-order valence-electron chi connectivity index (χ4n) is 3.18. The first-order valence-corrected chi connectivity index (χ1v) is 8.34. The zero-order valence-electron chi connectivity index (χ0n) is 14.8. The molecule has 0 aliphatic carbocycles. The van der Waals surface area contributed by atoms with Crippen molar-refractivity contribution in [2.24, 2.45) is 5.92 Å². The molecule has 1 saturated heterocycles. The Labute approximate surface area is 164 Å². The van der Waals surface area contributed by atoms with Gasteiger partial charge < -0.3 is 15.7 Å². The van der Waals surface area contributed by atoms with Gasteiger partial charge in [-0.25, -0.2) is 4.79 Å². The second-order valence-electron chi connectivity index (χ2n) is 6.54. The number of amides is 2. The zero-order valence-corrected chi connectivity index (χ0v) is 14.8. The van der Waals surface area contributed by atoms with Gasteiger partial charge in [0.05, 0.1) is 11.6 Å². The first-order chi connectivity index (χ1) is 13.8. The molecule has 1 fully saturated rings. The van der Waals surface area contributed by atoms with Crippen molar-refractivity contribution in [3.63, 3.8) is 0 Å². The molecule has 12 heteroatoms. The summed E-state index contributed by atoms with van der Waals surface area (Å²) < 4.78 is 79.6. The number of halogens is 6. The topological polar surface area (TPSA) is 91.3 Å². The molecule has 0 spiro atoms. The van der Waals surface area contributed by atoms with Gasteiger partial charge in [-0.1, -0.05) is 12.1 Å². The minimum atomic E-state index is -5.47. The van der Waals surface area contributed by atoms with Gasteiger partial charge in [-0.2, -0.15) is 26.3 Å². The Hall–Kier alpha value is -3.15. The minimum absolute atomic E-state index is 0.234. The standard InChI is InChI=1S/C18H13F6N3O3/c19-17(20,21)11-5-3-9(4-6-11)13-12(14(28)10-2-1-7-25-8-10)16(30,18(22,23)24)27-15(29)26-13/h1-8,12-13,30H,(H2,26,27,29)/t12-,13+,16+/m1/s1. The number of rotatable bonds is 3. The van der Waals surface area contributed by atoms with Crippen LogP contribution in [-0.4, -0.2) is 33.8 Å². The number of urea groups is 1. The maximum atomic E-state index is 13.7. The molecule has 6 nitrogen and oxygen atoms in total. The molecule has 2 heterocycles. The molecule has 160 valence electrons. The number of aliphatic hydroxyl groups is 1. The summed E-state index contributed by atoms with van der Waals surface area (Å²) >= 11 is 0. The fourth-order valence-corrected chi connectivity index (χ4v) is 3.18. The van der Waals surface area contributed by atoms with Crippen LogP contribution in [-0.2, 0) is 6.18 Å². The summed E-state index contributed by atoms with van der Waals surface area (Å²) in [5.74, 6) is -3.57. The van der Waals surface area contributed by atoms with Crippen molar-refractivity contribution in [1.82, 2.24) is 15.6 Å². The van der Waals surface area contributed by atoms with Gasteiger partial charge in [0.25, 0.3) is 0 Å². The number of pyridine rings is 1. The molecule has 30 heavy (non-hydrogen) atoms. The summed E-state index contributed by atoms with van der Waals surface area (Å²) in [5, 5.41) is 13.8. The fraction of sp³-hybridized carbons (Fsp3) is 0.278. The molecule has 0 saturated carbocycles. The van der Waals surface area contributed by atoms with Gasteiger partial charge >= 0.3 is 18.4 Å². The average molecular weight is 433 g/mol. The monoisotopic (exact) mass is 433 g/mol. The predicted octanol–water partition coefficient (Wildman–Crippen LogP) is 3.20. The third kappa shape index (κ3) is 3.82. The number of nitrogens with zero attached hydrogens (tertiary/aromatic N) is 1. The molecular weight excluding hydrogens is 420 g/mol. The summed E-state index contributed by atoms with van der Waals surface area (Å²) in [6.07, 6.45) is -7.94. The number of hydrogen-bond acceptors (Lipinski definition) is 4. The quantitative estimate of drug-likeness (QED) is 0.512. The van der Waals surface area contributed by atoms with Gasteiger partial charge in [-0.15, -0.1) is 0 Å². The molecule has 2 aromatic rings. The van der Waals surface area contributed by atoms with E-state index in [1.807, 2.05) is 0 Å². The van der Waals surface area contributed by atoms with E-state index >= 15 is 0 Å². The number of benzene rings is 1. The largest absolute Gasteiger partial charge is 0.437 e. The van der Waals surface area contributed by atoms with E-state index in [-0.39, 0.29) is 11.1 Å². The van der Waals surface area contributed by atoms with Crippen molar-refractivity contribution >= 4 is 11.8 Å². The van der Waals surface area contributed by atoms with E-state index in [9.17, 15) is 41.0 Å². The lowest BCUT2D eigenvalue weighted by atomic mass is 9.77. The third-order valence-corrected chi connectivity index (χ3v) is 4.63. The van der Waals surface area contributed by atoms with E-state index in [0.717, 1.165) is 24.4 Å².